The number of urea groups is 1. The smallest absolute Gasteiger partial charge is 0.319 e. The molecular weight excluding hydrogens is 270 g/mol. The minimum Gasteiger partial charge on any atom is -0.481 e. The van der Waals surface area contributed by atoms with Crippen LogP contribution in [0.2, 0.25) is 0 Å². The van der Waals surface area contributed by atoms with E-state index in [0.717, 1.165) is 12.1 Å². The van der Waals surface area contributed by atoms with Crippen LogP contribution in [-0.4, -0.2) is 23.1 Å². The minimum atomic E-state index is -0.982. The van der Waals surface area contributed by atoms with Crippen LogP contribution in [0, 0.1) is 17.6 Å². The third kappa shape index (κ3) is 3.04. The Morgan fingerprint density at radius 1 is 1.20 bits per heavy atom. The molecule has 0 radical (unpaired) electrons. The molecule has 2 atom stereocenters. The van der Waals surface area contributed by atoms with E-state index in [2.05, 4.69) is 10.6 Å². The van der Waals surface area contributed by atoms with Crippen molar-refractivity contribution in [2.45, 2.75) is 25.3 Å². The van der Waals surface area contributed by atoms with E-state index >= 15 is 0 Å². The zero-order valence-electron chi connectivity index (χ0n) is 10.5. The van der Waals surface area contributed by atoms with Gasteiger partial charge in [-0.3, -0.25) is 4.79 Å². The number of benzene rings is 1. The first-order valence-corrected chi connectivity index (χ1v) is 6.23. The van der Waals surface area contributed by atoms with Gasteiger partial charge in [-0.1, -0.05) is 12.5 Å². The molecule has 108 valence electrons. The summed E-state index contributed by atoms with van der Waals surface area (Å²) < 4.78 is 26.7. The summed E-state index contributed by atoms with van der Waals surface area (Å²) in [7, 11) is 0. The number of hydrogen-bond donors (Lipinski definition) is 3. The second-order valence-electron chi connectivity index (χ2n) is 4.68. The van der Waals surface area contributed by atoms with Crippen molar-refractivity contribution in [2.75, 3.05) is 5.32 Å². The predicted octanol–water partition coefficient (Wildman–Crippen LogP) is 2.34. The van der Waals surface area contributed by atoms with E-state index < -0.39 is 41.3 Å². The van der Waals surface area contributed by atoms with E-state index in [-0.39, 0.29) is 0 Å². The van der Waals surface area contributed by atoms with Crippen molar-refractivity contribution in [1.29, 1.82) is 0 Å². The second kappa shape index (κ2) is 5.85. The molecule has 0 aliphatic heterocycles. The highest BCUT2D eigenvalue weighted by atomic mass is 19.1. The van der Waals surface area contributed by atoms with Crippen molar-refractivity contribution in [1.82, 2.24) is 5.32 Å². The van der Waals surface area contributed by atoms with Crippen LogP contribution in [-0.2, 0) is 4.79 Å². The highest BCUT2D eigenvalue weighted by Crippen LogP contribution is 2.26. The number of halogens is 2. The van der Waals surface area contributed by atoms with Gasteiger partial charge >= 0.3 is 12.0 Å². The lowest BCUT2D eigenvalue weighted by Gasteiger charge is -2.18. The molecule has 7 heteroatoms. The van der Waals surface area contributed by atoms with Crippen molar-refractivity contribution in [3.05, 3.63) is 29.8 Å². The van der Waals surface area contributed by atoms with Gasteiger partial charge in [-0.25, -0.2) is 13.6 Å². The summed E-state index contributed by atoms with van der Waals surface area (Å²) in [4.78, 5) is 22.7. The molecule has 20 heavy (non-hydrogen) atoms. The molecule has 0 saturated heterocycles. The first-order valence-electron chi connectivity index (χ1n) is 6.23. The van der Waals surface area contributed by atoms with Gasteiger partial charge in [-0.05, 0) is 25.0 Å². The topological polar surface area (TPSA) is 78.4 Å². The summed E-state index contributed by atoms with van der Waals surface area (Å²) in [6.45, 7) is 0. The van der Waals surface area contributed by atoms with Crippen molar-refractivity contribution in [3.8, 4) is 0 Å². The van der Waals surface area contributed by atoms with E-state index in [9.17, 15) is 18.4 Å². The van der Waals surface area contributed by atoms with Crippen LogP contribution in [0.1, 0.15) is 19.3 Å². The van der Waals surface area contributed by atoms with E-state index in [1.165, 1.54) is 6.07 Å². The van der Waals surface area contributed by atoms with E-state index in [0.29, 0.717) is 19.3 Å². The molecule has 1 fully saturated rings. The predicted molar refractivity (Wildman–Crippen MR) is 67.3 cm³/mol. The number of carboxylic acids is 1. The molecule has 0 bridgehead atoms. The maximum atomic E-state index is 13.4. The molecule has 0 aromatic heterocycles. The molecule has 0 heterocycles. The van der Waals surface area contributed by atoms with Crippen LogP contribution in [0.3, 0.4) is 0 Å². The molecule has 1 saturated carbocycles. The highest BCUT2D eigenvalue weighted by molar-refractivity contribution is 5.90. The zero-order chi connectivity index (χ0) is 14.7. The van der Waals surface area contributed by atoms with E-state index in [4.69, 9.17) is 5.11 Å². The second-order valence-corrected chi connectivity index (χ2v) is 4.68. The van der Waals surface area contributed by atoms with Crippen LogP contribution in [0.25, 0.3) is 0 Å². The maximum Gasteiger partial charge on any atom is 0.319 e. The van der Waals surface area contributed by atoms with Gasteiger partial charge < -0.3 is 15.7 Å². The zero-order valence-corrected chi connectivity index (χ0v) is 10.5. The van der Waals surface area contributed by atoms with Crippen LogP contribution >= 0.6 is 0 Å². The number of anilines is 1. The van der Waals surface area contributed by atoms with Gasteiger partial charge in [-0.15, -0.1) is 0 Å². The maximum absolute atomic E-state index is 13.4. The Hall–Kier alpha value is -2.18. The Morgan fingerprint density at radius 3 is 2.45 bits per heavy atom. The molecule has 2 rings (SSSR count). The number of amides is 2. The molecule has 2 amide bonds. The molecular formula is C13H14F2N2O3. The summed E-state index contributed by atoms with van der Waals surface area (Å²) in [6.07, 6.45) is 1.70. The molecule has 1 aliphatic rings. The number of hydrogen-bond acceptors (Lipinski definition) is 2. The normalized spacial score (nSPS) is 21.5. The molecule has 1 aliphatic carbocycles. The number of carboxylic acid groups (broad SMARTS) is 1. The summed E-state index contributed by atoms with van der Waals surface area (Å²) in [5.41, 5.74) is -0.546. The van der Waals surface area contributed by atoms with Crippen molar-refractivity contribution in [2.24, 2.45) is 5.92 Å². The molecule has 3 N–H and O–H groups in total. The summed E-state index contributed by atoms with van der Waals surface area (Å²) in [5, 5.41) is 13.5. The fraction of sp³-hybridized carbons (Fsp3) is 0.385. The lowest BCUT2D eigenvalue weighted by molar-refractivity contribution is -0.142. The standard InChI is InChI=1S/C13H14F2N2O3/c14-8-4-2-5-9(15)11(8)17-13(20)16-10-6-1-3-7(10)12(18)19/h2,4-5,7,10H,1,3,6H2,(H,18,19)(H2,16,17,20). The quantitative estimate of drug-likeness (QED) is 0.797. The number of para-hydroxylation sites is 1. The van der Waals surface area contributed by atoms with Gasteiger partial charge in [0, 0.05) is 6.04 Å². The number of carbonyl (C=O) groups excluding carboxylic acids is 1. The molecule has 5 nitrogen and oxygen atoms in total. The largest absolute Gasteiger partial charge is 0.481 e. The van der Waals surface area contributed by atoms with Gasteiger partial charge in [0.05, 0.1) is 5.92 Å². The van der Waals surface area contributed by atoms with Gasteiger partial charge in [0.25, 0.3) is 0 Å². The van der Waals surface area contributed by atoms with Crippen LogP contribution in [0.5, 0.6) is 0 Å². The van der Waals surface area contributed by atoms with E-state index in [1.807, 2.05) is 0 Å². The van der Waals surface area contributed by atoms with Crippen LogP contribution in [0.4, 0.5) is 19.3 Å². The Kier molecular flexibility index (Phi) is 4.16. The Morgan fingerprint density at radius 2 is 1.85 bits per heavy atom. The number of aliphatic carboxylic acids is 1. The molecule has 0 spiro atoms. The van der Waals surface area contributed by atoms with Crippen molar-refractivity contribution < 1.29 is 23.5 Å². The lowest BCUT2D eigenvalue weighted by atomic mass is 10.0. The number of rotatable bonds is 3. The highest BCUT2D eigenvalue weighted by Gasteiger charge is 2.34. The average molecular weight is 284 g/mol. The average Bonchev–Trinajstić information content (AvgIpc) is 2.82. The molecule has 1 aromatic carbocycles. The first kappa shape index (κ1) is 14.2. The Bertz CT molecular complexity index is 516. The molecule has 2 unspecified atom stereocenters. The van der Waals surface area contributed by atoms with Crippen molar-refractivity contribution in [3.63, 3.8) is 0 Å². The van der Waals surface area contributed by atoms with Gasteiger partial charge in [0.15, 0.2) is 0 Å². The van der Waals surface area contributed by atoms with Crippen molar-refractivity contribution >= 4 is 17.7 Å². The van der Waals surface area contributed by atoms with E-state index in [1.54, 1.807) is 0 Å². The van der Waals surface area contributed by atoms with Gasteiger partial charge in [0.2, 0.25) is 0 Å². The molecule has 1 aromatic rings. The minimum absolute atomic E-state index is 0.480. The SMILES string of the molecule is O=C(Nc1c(F)cccc1F)NC1CCCC1C(=O)O. The third-order valence-corrected chi connectivity index (χ3v) is 3.35. The fourth-order valence-electron chi connectivity index (χ4n) is 2.36. The number of nitrogens with one attached hydrogen (secondary N) is 2. The lowest BCUT2D eigenvalue weighted by Crippen LogP contribution is -2.42. The Labute approximate surface area is 114 Å². The summed E-state index contributed by atoms with van der Waals surface area (Å²) >= 11 is 0. The monoisotopic (exact) mass is 284 g/mol. The van der Waals surface area contributed by atoms with Crippen LogP contribution < -0.4 is 10.6 Å². The third-order valence-electron chi connectivity index (χ3n) is 3.35. The van der Waals surface area contributed by atoms with Crippen LogP contribution in [0.15, 0.2) is 18.2 Å². The fourth-order valence-corrected chi connectivity index (χ4v) is 2.36. The summed E-state index contributed by atoms with van der Waals surface area (Å²) in [6, 6.07) is 1.89. The van der Waals surface area contributed by atoms with Gasteiger partial charge in [-0.2, -0.15) is 0 Å². The number of carbonyl (C=O) groups is 2. The summed E-state index contributed by atoms with van der Waals surface area (Å²) in [5.74, 6) is -3.42. The van der Waals surface area contributed by atoms with Gasteiger partial charge in [0.1, 0.15) is 17.3 Å². The Balaban J connectivity index is 2.01. The first-order chi connectivity index (χ1) is 9.49.